The van der Waals surface area contributed by atoms with Gasteiger partial charge in [0.15, 0.2) is 6.61 Å². The van der Waals surface area contributed by atoms with E-state index in [-0.39, 0.29) is 6.54 Å². The van der Waals surface area contributed by atoms with E-state index < -0.39 is 31.2 Å². The Hall–Kier alpha value is -3.68. The number of hydrogen-bond donors (Lipinski definition) is 0. The lowest BCUT2D eigenvalue weighted by Gasteiger charge is -2.23. The molecule has 0 atom stereocenters. The van der Waals surface area contributed by atoms with E-state index in [1.54, 1.807) is 54.7 Å². The molecule has 8 heteroatoms. The van der Waals surface area contributed by atoms with E-state index in [1.165, 1.54) is 6.08 Å². The summed E-state index contributed by atoms with van der Waals surface area (Å²) in [6, 6.07) is 17.4. The van der Waals surface area contributed by atoms with Crippen molar-refractivity contribution < 1.29 is 27.5 Å². The van der Waals surface area contributed by atoms with Crippen LogP contribution in [0.2, 0.25) is 0 Å². The number of alkyl halides is 3. The quantitative estimate of drug-likeness (QED) is 0.414. The first-order valence-electron chi connectivity index (χ1n) is 9.39. The molecule has 0 saturated heterocycles. The fraction of sp³-hybridized carbons (Fsp3) is 0.174. The zero-order valence-electron chi connectivity index (χ0n) is 16.4. The van der Waals surface area contributed by atoms with Gasteiger partial charge in [0.1, 0.15) is 6.54 Å². The predicted molar refractivity (Wildman–Crippen MR) is 110 cm³/mol. The van der Waals surface area contributed by atoms with Crippen molar-refractivity contribution in [2.75, 3.05) is 13.2 Å². The minimum absolute atomic E-state index is 0.242. The molecule has 0 aliphatic heterocycles. The van der Waals surface area contributed by atoms with Crippen LogP contribution in [0, 0.1) is 0 Å². The van der Waals surface area contributed by atoms with Crippen molar-refractivity contribution in [2.24, 2.45) is 0 Å². The highest BCUT2D eigenvalue weighted by atomic mass is 19.4. The molecule has 0 spiro atoms. The molecule has 0 bridgehead atoms. The molecule has 1 heterocycles. The Morgan fingerprint density at radius 1 is 1.00 bits per heavy atom. The first kappa shape index (κ1) is 22.0. The first-order chi connectivity index (χ1) is 14.8. The number of hydrogen-bond acceptors (Lipinski definition) is 4. The van der Waals surface area contributed by atoms with Crippen molar-refractivity contribution >= 4 is 28.9 Å². The van der Waals surface area contributed by atoms with Crippen LogP contribution < -0.4 is 0 Å². The van der Waals surface area contributed by atoms with E-state index >= 15 is 0 Å². The Labute approximate surface area is 176 Å². The van der Waals surface area contributed by atoms with E-state index in [2.05, 4.69) is 4.98 Å². The number of esters is 1. The Kier molecular flexibility index (Phi) is 7.02. The van der Waals surface area contributed by atoms with Crippen LogP contribution in [0.15, 0.2) is 72.9 Å². The monoisotopic (exact) mass is 428 g/mol. The summed E-state index contributed by atoms with van der Waals surface area (Å²) in [5.74, 6) is -1.78. The molecule has 0 aliphatic rings. The largest absolute Gasteiger partial charge is 0.452 e. The maximum atomic E-state index is 12.9. The minimum Gasteiger partial charge on any atom is -0.452 e. The molecule has 2 aromatic carbocycles. The van der Waals surface area contributed by atoms with Crippen molar-refractivity contribution in [1.29, 1.82) is 0 Å². The van der Waals surface area contributed by atoms with Crippen molar-refractivity contribution in [3.63, 3.8) is 0 Å². The van der Waals surface area contributed by atoms with E-state index in [0.29, 0.717) is 21.5 Å². The zero-order chi connectivity index (χ0) is 22.3. The second-order valence-electron chi connectivity index (χ2n) is 6.71. The normalized spacial score (nSPS) is 11.6. The number of halogens is 3. The number of aromatic nitrogens is 1. The molecule has 1 amide bonds. The highest BCUT2D eigenvalue weighted by Crippen LogP contribution is 2.19. The molecule has 5 nitrogen and oxygen atoms in total. The summed E-state index contributed by atoms with van der Waals surface area (Å²) in [6.45, 7) is -2.47. The molecular weight excluding hydrogens is 409 g/mol. The number of rotatable bonds is 7. The number of ether oxygens (including phenoxy) is 1. The van der Waals surface area contributed by atoms with Crippen LogP contribution in [0.3, 0.4) is 0 Å². The van der Waals surface area contributed by atoms with Crippen LogP contribution in [0.4, 0.5) is 13.2 Å². The lowest BCUT2D eigenvalue weighted by Crippen LogP contribution is -2.40. The number of fused-ring (bicyclic) bond motifs is 1. The SMILES string of the molecule is O=C(/C=C/c1cccc2cccnc12)OCC(=O)N(Cc1ccccc1)CC(F)(F)F. The number of nitrogens with zero attached hydrogens (tertiary/aromatic N) is 2. The highest BCUT2D eigenvalue weighted by Gasteiger charge is 2.33. The average Bonchev–Trinajstić information content (AvgIpc) is 2.75. The topological polar surface area (TPSA) is 59.5 Å². The van der Waals surface area contributed by atoms with Crippen LogP contribution in [0.25, 0.3) is 17.0 Å². The summed E-state index contributed by atoms with van der Waals surface area (Å²) in [5, 5.41) is 0.886. The molecule has 0 N–H and O–H groups in total. The molecule has 3 aromatic rings. The maximum absolute atomic E-state index is 12.9. The van der Waals surface area contributed by atoms with Gasteiger partial charge >= 0.3 is 12.1 Å². The lowest BCUT2D eigenvalue weighted by molar-refractivity contribution is -0.166. The summed E-state index contributed by atoms with van der Waals surface area (Å²) >= 11 is 0. The number of amides is 1. The summed E-state index contributed by atoms with van der Waals surface area (Å²) in [5.41, 5.74) is 1.89. The Balaban J connectivity index is 1.62. The molecule has 160 valence electrons. The average molecular weight is 428 g/mol. The molecule has 0 radical (unpaired) electrons. The van der Waals surface area contributed by atoms with Crippen LogP contribution in [0.1, 0.15) is 11.1 Å². The maximum Gasteiger partial charge on any atom is 0.406 e. The summed E-state index contributed by atoms with van der Waals surface area (Å²) in [7, 11) is 0. The second-order valence-corrected chi connectivity index (χ2v) is 6.71. The van der Waals surface area contributed by atoms with Crippen LogP contribution in [-0.2, 0) is 20.9 Å². The van der Waals surface area contributed by atoms with Gasteiger partial charge in [-0.3, -0.25) is 9.78 Å². The van der Waals surface area contributed by atoms with Gasteiger partial charge in [-0.1, -0.05) is 54.6 Å². The van der Waals surface area contributed by atoms with E-state index in [4.69, 9.17) is 4.74 Å². The number of benzene rings is 2. The Morgan fingerprint density at radius 2 is 1.74 bits per heavy atom. The lowest BCUT2D eigenvalue weighted by atomic mass is 10.1. The van der Waals surface area contributed by atoms with Gasteiger partial charge in [-0.2, -0.15) is 13.2 Å². The van der Waals surface area contributed by atoms with Gasteiger partial charge in [0, 0.05) is 29.8 Å². The van der Waals surface area contributed by atoms with Crippen molar-refractivity contribution in [3.8, 4) is 0 Å². The molecule has 0 aliphatic carbocycles. The zero-order valence-corrected chi connectivity index (χ0v) is 16.4. The summed E-state index contributed by atoms with van der Waals surface area (Å²) < 4.78 is 43.5. The summed E-state index contributed by atoms with van der Waals surface area (Å²) in [4.78, 5) is 29.2. The van der Waals surface area contributed by atoms with Gasteiger partial charge in [-0.25, -0.2) is 4.79 Å². The summed E-state index contributed by atoms with van der Waals surface area (Å²) in [6.07, 6.45) is -0.351. The minimum atomic E-state index is -4.57. The molecule has 0 saturated carbocycles. The smallest absolute Gasteiger partial charge is 0.406 e. The van der Waals surface area contributed by atoms with Crippen molar-refractivity contribution in [3.05, 3.63) is 84.1 Å². The van der Waals surface area contributed by atoms with Gasteiger partial charge in [0.05, 0.1) is 5.52 Å². The number of carbonyl (C=O) groups excluding carboxylic acids is 2. The van der Waals surface area contributed by atoms with Crippen LogP contribution in [0.5, 0.6) is 0 Å². The first-order valence-corrected chi connectivity index (χ1v) is 9.39. The Morgan fingerprint density at radius 3 is 2.48 bits per heavy atom. The van der Waals surface area contributed by atoms with E-state index in [0.717, 1.165) is 11.5 Å². The predicted octanol–water partition coefficient (Wildman–Crippen LogP) is 4.38. The van der Waals surface area contributed by atoms with Crippen molar-refractivity contribution in [1.82, 2.24) is 9.88 Å². The second kappa shape index (κ2) is 9.88. The third-order valence-corrected chi connectivity index (χ3v) is 4.34. The molecule has 3 rings (SSSR count). The molecule has 0 unspecified atom stereocenters. The number of para-hydroxylation sites is 1. The molecule has 1 aromatic heterocycles. The standard InChI is InChI=1S/C23H19F3N2O3/c24-23(25,26)16-28(14-17-6-2-1-3-7-17)20(29)15-31-21(30)12-11-19-9-4-8-18-10-5-13-27-22(18)19/h1-13H,14-16H2/b12-11+. The fourth-order valence-electron chi connectivity index (χ4n) is 2.94. The number of pyridine rings is 1. The Bertz CT molecular complexity index is 1080. The number of carbonyl (C=O) groups is 2. The molecular formula is C23H19F3N2O3. The highest BCUT2D eigenvalue weighted by molar-refractivity contribution is 5.93. The van der Waals surface area contributed by atoms with Crippen LogP contribution in [-0.4, -0.2) is 41.1 Å². The van der Waals surface area contributed by atoms with E-state index in [1.807, 2.05) is 12.1 Å². The fourth-order valence-corrected chi connectivity index (χ4v) is 2.94. The van der Waals surface area contributed by atoms with Gasteiger partial charge in [-0.05, 0) is 17.7 Å². The van der Waals surface area contributed by atoms with Gasteiger partial charge in [-0.15, -0.1) is 0 Å². The van der Waals surface area contributed by atoms with Crippen LogP contribution >= 0.6 is 0 Å². The molecule has 0 fully saturated rings. The van der Waals surface area contributed by atoms with E-state index in [9.17, 15) is 22.8 Å². The third-order valence-electron chi connectivity index (χ3n) is 4.34. The van der Waals surface area contributed by atoms with Crippen molar-refractivity contribution in [2.45, 2.75) is 12.7 Å². The third kappa shape index (κ3) is 6.67. The van der Waals surface area contributed by atoms with Gasteiger partial charge in [0.25, 0.3) is 5.91 Å². The molecule has 31 heavy (non-hydrogen) atoms. The van der Waals surface area contributed by atoms with Gasteiger partial charge < -0.3 is 9.64 Å². The van der Waals surface area contributed by atoms with Gasteiger partial charge in [0.2, 0.25) is 0 Å².